The minimum atomic E-state index is -3.32. The van der Waals surface area contributed by atoms with Crippen molar-refractivity contribution in [1.29, 1.82) is 0 Å². The summed E-state index contributed by atoms with van der Waals surface area (Å²) in [7, 11) is -3.32. The van der Waals surface area contributed by atoms with Crippen molar-refractivity contribution in [2.45, 2.75) is 38.8 Å². The highest BCUT2D eigenvalue weighted by molar-refractivity contribution is 7.86. The van der Waals surface area contributed by atoms with Crippen LogP contribution in [0.2, 0.25) is 0 Å². The average molecular weight is 221 g/mol. The first kappa shape index (κ1) is 11.9. The van der Waals surface area contributed by atoms with Gasteiger partial charge in [0.05, 0.1) is 12.4 Å². The zero-order chi connectivity index (χ0) is 10.8. The lowest BCUT2D eigenvalue weighted by atomic mass is 10.2. The van der Waals surface area contributed by atoms with E-state index in [2.05, 4.69) is 4.90 Å². The van der Waals surface area contributed by atoms with E-state index in [1.165, 1.54) is 12.8 Å². The first-order chi connectivity index (χ1) is 6.40. The van der Waals surface area contributed by atoms with Gasteiger partial charge in [-0.2, -0.15) is 8.42 Å². The zero-order valence-corrected chi connectivity index (χ0v) is 9.88. The summed E-state index contributed by atoms with van der Waals surface area (Å²) in [6.07, 6.45) is 3.25. The lowest BCUT2D eigenvalue weighted by molar-refractivity contribution is 0.110. The molecule has 1 fully saturated rings. The number of rotatable bonds is 4. The van der Waals surface area contributed by atoms with Crippen molar-refractivity contribution in [1.82, 2.24) is 4.90 Å². The molecule has 1 aliphatic heterocycles. The quantitative estimate of drug-likeness (QED) is 0.660. The molecular weight excluding hydrogens is 202 g/mol. The van der Waals surface area contributed by atoms with Crippen LogP contribution in [0.4, 0.5) is 0 Å². The Balaban J connectivity index is 2.47. The third kappa shape index (κ3) is 3.55. The molecule has 0 amide bonds. The van der Waals surface area contributed by atoms with Crippen molar-refractivity contribution >= 4 is 10.1 Å². The maximum atomic E-state index is 10.9. The molecule has 2 unspecified atom stereocenters. The van der Waals surface area contributed by atoms with Gasteiger partial charge in [0.2, 0.25) is 0 Å². The van der Waals surface area contributed by atoms with E-state index >= 15 is 0 Å². The van der Waals surface area contributed by atoms with Crippen LogP contribution in [-0.2, 0) is 14.3 Å². The molecule has 5 heteroatoms. The summed E-state index contributed by atoms with van der Waals surface area (Å²) in [6.45, 7) is 5.93. The van der Waals surface area contributed by atoms with Crippen LogP contribution in [0.5, 0.6) is 0 Å². The molecule has 0 aromatic rings. The first-order valence-electron chi connectivity index (χ1n) is 5.02. The molecule has 0 aromatic carbocycles. The molecule has 0 saturated carbocycles. The van der Waals surface area contributed by atoms with Crippen LogP contribution < -0.4 is 0 Å². The molecular formula is C9H19NO3S. The lowest BCUT2D eigenvalue weighted by Crippen LogP contribution is -2.40. The van der Waals surface area contributed by atoms with Gasteiger partial charge < -0.3 is 0 Å². The van der Waals surface area contributed by atoms with Crippen molar-refractivity contribution in [3.8, 4) is 0 Å². The second-order valence-corrected chi connectivity index (χ2v) is 5.59. The Morgan fingerprint density at radius 2 is 1.71 bits per heavy atom. The Labute approximate surface area is 86.4 Å². The van der Waals surface area contributed by atoms with Gasteiger partial charge in [0.25, 0.3) is 10.1 Å². The first-order valence-corrected chi connectivity index (χ1v) is 6.84. The van der Waals surface area contributed by atoms with Gasteiger partial charge in [0.1, 0.15) is 0 Å². The maximum absolute atomic E-state index is 10.9. The van der Waals surface area contributed by atoms with Crippen LogP contribution in [0.3, 0.4) is 0 Å². The number of nitrogens with zero attached hydrogens (tertiary/aromatic N) is 1. The largest absolute Gasteiger partial charge is 0.298 e. The minimum Gasteiger partial charge on any atom is -0.298 e. The van der Waals surface area contributed by atoms with Crippen LogP contribution >= 0.6 is 0 Å². The van der Waals surface area contributed by atoms with E-state index in [1.807, 2.05) is 13.8 Å². The molecule has 0 aliphatic carbocycles. The van der Waals surface area contributed by atoms with E-state index in [-0.39, 0.29) is 12.1 Å². The van der Waals surface area contributed by atoms with Gasteiger partial charge in [-0.3, -0.25) is 9.08 Å². The second kappa shape index (κ2) is 4.59. The van der Waals surface area contributed by atoms with Crippen LogP contribution in [-0.4, -0.2) is 44.8 Å². The molecule has 14 heavy (non-hydrogen) atoms. The average Bonchev–Trinajstić information content (AvgIpc) is 2.51. The SMILES string of the molecule is CC(OS(C)(=O)=O)C(C)N1CCCC1. The van der Waals surface area contributed by atoms with Crippen molar-refractivity contribution in [2.75, 3.05) is 19.3 Å². The molecule has 1 rings (SSSR count). The summed E-state index contributed by atoms with van der Waals surface area (Å²) in [5, 5.41) is 0. The van der Waals surface area contributed by atoms with E-state index in [0.29, 0.717) is 0 Å². The van der Waals surface area contributed by atoms with E-state index in [0.717, 1.165) is 19.3 Å². The van der Waals surface area contributed by atoms with Crippen LogP contribution in [0, 0.1) is 0 Å². The summed E-state index contributed by atoms with van der Waals surface area (Å²) < 4.78 is 26.8. The summed E-state index contributed by atoms with van der Waals surface area (Å²) >= 11 is 0. The molecule has 0 aromatic heterocycles. The normalized spacial score (nSPS) is 23.6. The summed E-state index contributed by atoms with van der Waals surface area (Å²) in [4.78, 5) is 2.27. The monoisotopic (exact) mass is 221 g/mol. The van der Waals surface area contributed by atoms with Crippen LogP contribution in [0.25, 0.3) is 0 Å². The van der Waals surface area contributed by atoms with Crippen molar-refractivity contribution in [3.05, 3.63) is 0 Å². The fraction of sp³-hybridized carbons (Fsp3) is 1.00. The Morgan fingerprint density at radius 1 is 1.21 bits per heavy atom. The fourth-order valence-electron chi connectivity index (χ4n) is 1.80. The van der Waals surface area contributed by atoms with Gasteiger partial charge in [-0.15, -0.1) is 0 Å². The van der Waals surface area contributed by atoms with E-state index in [1.54, 1.807) is 0 Å². The molecule has 1 saturated heterocycles. The highest BCUT2D eigenvalue weighted by atomic mass is 32.2. The predicted octanol–water partition coefficient (Wildman–Crippen LogP) is 0.835. The zero-order valence-electron chi connectivity index (χ0n) is 9.06. The predicted molar refractivity (Wildman–Crippen MR) is 55.7 cm³/mol. The topological polar surface area (TPSA) is 46.6 Å². The van der Waals surface area contributed by atoms with Crippen molar-refractivity contribution in [3.63, 3.8) is 0 Å². The summed E-state index contributed by atoms with van der Waals surface area (Å²) in [6, 6.07) is 0.173. The number of likely N-dealkylation sites (tertiary alicyclic amines) is 1. The molecule has 1 aliphatic rings. The maximum Gasteiger partial charge on any atom is 0.264 e. The summed E-state index contributed by atoms with van der Waals surface area (Å²) in [5.41, 5.74) is 0. The Bertz CT molecular complexity index is 270. The highest BCUT2D eigenvalue weighted by Crippen LogP contribution is 2.16. The third-order valence-corrected chi connectivity index (χ3v) is 3.38. The second-order valence-electron chi connectivity index (χ2n) is 3.99. The minimum absolute atomic E-state index is 0.173. The van der Waals surface area contributed by atoms with Crippen molar-refractivity contribution < 1.29 is 12.6 Å². The van der Waals surface area contributed by atoms with E-state index < -0.39 is 10.1 Å². The summed E-state index contributed by atoms with van der Waals surface area (Å²) in [5.74, 6) is 0. The van der Waals surface area contributed by atoms with E-state index in [4.69, 9.17) is 4.18 Å². The molecule has 0 spiro atoms. The molecule has 0 bridgehead atoms. The van der Waals surface area contributed by atoms with Gasteiger partial charge in [-0.25, -0.2) is 0 Å². The fourth-order valence-corrected chi connectivity index (χ4v) is 2.51. The molecule has 1 heterocycles. The van der Waals surface area contributed by atoms with Gasteiger partial charge >= 0.3 is 0 Å². The van der Waals surface area contributed by atoms with Gasteiger partial charge in [-0.05, 0) is 39.8 Å². The number of hydrogen-bond donors (Lipinski definition) is 0. The van der Waals surface area contributed by atoms with Crippen LogP contribution in [0.15, 0.2) is 0 Å². The molecule has 4 nitrogen and oxygen atoms in total. The van der Waals surface area contributed by atoms with Gasteiger partial charge in [0, 0.05) is 6.04 Å². The molecule has 0 N–H and O–H groups in total. The Morgan fingerprint density at radius 3 is 2.14 bits per heavy atom. The molecule has 2 atom stereocenters. The highest BCUT2D eigenvalue weighted by Gasteiger charge is 2.25. The lowest BCUT2D eigenvalue weighted by Gasteiger charge is -2.28. The number of hydrogen-bond acceptors (Lipinski definition) is 4. The molecule has 84 valence electrons. The standard InChI is InChI=1S/C9H19NO3S/c1-8(10-6-4-5-7-10)9(2)13-14(3,11)12/h8-9H,4-7H2,1-3H3. The van der Waals surface area contributed by atoms with Crippen LogP contribution in [0.1, 0.15) is 26.7 Å². The molecule has 0 radical (unpaired) electrons. The van der Waals surface area contributed by atoms with Gasteiger partial charge in [0.15, 0.2) is 0 Å². The smallest absolute Gasteiger partial charge is 0.264 e. The van der Waals surface area contributed by atoms with Gasteiger partial charge in [-0.1, -0.05) is 0 Å². The Hall–Kier alpha value is -0.130. The third-order valence-electron chi connectivity index (χ3n) is 2.72. The van der Waals surface area contributed by atoms with Crippen molar-refractivity contribution in [2.24, 2.45) is 0 Å². The van der Waals surface area contributed by atoms with E-state index in [9.17, 15) is 8.42 Å². The Kier molecular flexibility index (Phi) is 3.92.